The van der Waals surface area contributed by atoms with E-state index in [0.717, 1.165) is 45.3 Å². The lowest BCUT2D eigenvalue weighted by atomic mass is 9.92. The maximum Gasteiger partial charge on any atom is 0.410 e. The first-order valence-corrected chi connectivity index (χ1v) is 11.8. The summed E-state index contributed by atoms with van der Waals surface area (Å²) in [5.41, 5.74) is 1.31. The van der Waals surface area contributed by atoms with Crippen LogP contribution < -0.4 is 5.32 Å². The molecule has 3 fully saturated rings. The normalized spacial score (nSPS) is 22.2. The number of carbonyl (C=O) groups excluding carboxylic acids is 3. The summed E-state index contributed by atoms with van der Waals surface area (Å²) >= 11 is 0. The monoisotopic (exact) mass is 442 g/mol. The summed E-state index contributed by atoms with van der Waals surface area (Å²) in [7, 11) is 0. The molecular formula is C24H34N4O4. The summed E-state index contributed by atoms with van der Waals surface area (Å²) in [4.78, 5) is 42.1. The molecule has 174 valence electrons. The second-order valence-corrected chi connectivity index (χ2v) is 9.17. The van der Waals surface area contributed by atoms with Crippen molar-refractivity contribution >= 4 is 17.9 Å². The van der Waals surface area contributed by atoms with Gasteiger partial charge in [-0.3, -0.25) is 19.4 Å². The first-order chi connectivity index (χ1) is 15.6. The van der Waals surface area contributed by atoms with Crippen LogP contribution in [0.4, 0.5) is 4.79 Å². The van der Waals surface area contributed by atoms with Crippen molar-refractivity contribution in [2.24, 2.45) is 5.92 Å². The van der Waals surface area contributed by atoms with Gasteiger partial charge >= 0.3 is 6.09 Å². The summed E-state index contributed by atoms with van der Waals surface area (Å²) in [6.07, 6.45) is 3.85. The SMILES string of the molecule is O=C(CCC1CCN(C(=O)CN2CCOC2=O)CC1)NC1CCN(Cc2ccccc2)C1. The van der Waals surface area contributed by atoms with Crippen LogP contribution in [0.5, 0.6) is 0 Å². The molecule has 4 rings (SSSR count). The fraction of sp³-hybridized carbons (Fsp3) is 0.625. The Morgan fingerprint density at radius 3 is 2.53 bits per heavy atom. The van der Waals surface area contributed by atoms with Gasteiger partial charge in [-0.05, 0) is 37.2 Å². The largest absolute Gasteiger partial charge is 0.448 e. The van der Waals surface area contributed by atoms with Crippen molar-refractivity contribution in [1.29, 1.82) is 0 Å². The Morgan fingerprint density at radius 2 is 1.81 bits per heavy atom. The summed E-state index contributed by atoms with van der Waals surface area (Å²) in [6, 6.07) is 10.7. The van der Waals surface area contributed by atoms with Crippen LogP contribution in [0.15, 0.2) is 30.3 Å². The average molecular weight is 443 g/mol. The van der Waals surface area contributed by atoms with Crippen LogP contribution in [0.3, 0.4) is 0 Å². The highest BCUT2D eigenvalue weighted by molar-refractivity contribution is 5.83. The minimum atomic E-state index is -0.398. The molecule has 0 radical (unpaired) electrons. The molecule has 3 aliphatic rings. The Hall–Kier alpha value is -2.61. The number of cyclic esters (lactones) is 1. The number of rotatable bonds is 8. The zero-order valence-electron chi connectivity index (χ0n) is 18.7. The van der Waals surface area contributed by atoms with Crippen molar-refractivity contribution in [3.63, 3.8) is 0 Å². The van der Waals surface area contributed by atoms with Crippen LogP contribution in [-0.2, 0) is 20.9 Å². The van der Waals surface area contributed by atoms with Gasteiger partial charge in [0.25, 0.3) is 0 Å². The van der Waals surface area contributed by atoms with Crippen molar-refractivity contribution < 1.29 is 19.1 Å². The maximum absolute atomic E-state index is 12.5. The predicted molar refractivity (Wildman–Crippen MR) is 120 cm³/mol. The van der Waals surface area contributed by atoms with E-state index in [-0.39, 0.29) is 24.4 Å². The molecule has 3 saturated heterocycles. The van der Waals surface area contributed by atoms with Crippen molar-refractivity contribution in [1.82, 2.24) is 20.0 Å². The molecule has 8 nitrogen and oxygen atoms in total. The van der Waals surface area contributed by atoms with Crippen molar-refractivity contribution in [2.75, 3.05) is 45.9 Å². The molecule has 1 N–H and O–H groups in total. The summed E-state index contributed by atoms with van der Waals surface area (Å²) in [5, 5.41) is 3.21. The van der Waals surface area contributed by atoms with E-state index in [2.05, 4.69) is 34.5 Å². The van der Waals surface area contributed by atoms with E-state index < -0.39 is 6.09 Å². The van der Waals surface area contributed by atoms with Crippen LogP contribution in [0, 0.1) is 5.92 Å². The molecule has 3 heterocycles. The lowest BCUT2D eigenvalue weighted by Crippen LogP contribution is -2.44. The summed E-state index contributed by atoms with van der Waals surface area (Å²) in [6.45, 7) is 5.21. The van der Waals surface area contributed by atoms with Crippen LogP contribution in [0.2, 0.25) is 0 Å². The highest BCUT2D eigenvalue weighted by atomic mass is 16.6. The minimum Gasteiger partial charge on any atom is -0.448 e. The molecule has 1 aromatic rings. The molecule has 8 heteroatoms. The number of likely N-dealkylation sites (tertiary alicyclic amines) is 2. The molecule has 0 spiro atoms. The Morgan fingerprint density at radius 1 is 1.03 bits per heavy atom. The molecule has 1 unspecified atom stereocenters. The number of ether oxygens (including phenoxy) is 1. The second-order valence-electron chi connectivity index (χ2n) is 9.17. The summed E-state index contributed by atoms with van der Waals surface area (Å²) < 4.78 is 4.88. The first kappa shape index (κ1) is 22.6. The third kappa shape index (κ3) is 6.22. The van der Waals surface area contributed by atoms with Crippen LogP contribution in [0.25, 0.3) is 0 Å². The number of nitrogens with zero attached hydrogens (tertiary/aromatic N) is 3. The molecule has 0 aromatic heterocycles. The van der Waals surface area contributed by atoms with Crippen LogP contribution in [-0.4, -0.2) is 84.5 Å². The predicted octanol–water partition coefficient (Wildman–Crippen LogP) is 1.85. The molecule has 32 heavy (non-hydrogen) atoms. The van der Waals surface area contributed by atoms with Gasteiger partial charge in [-0.2, -0.15) is 0 Å². The van der Waals surface area contributed by atoms with Crippen LogP contribution in [0.1, 0.15) is 37.7 Å². The van der Waals surface area contributed by atoms with Gasteiger partial charge < -0.3 is 15.0 Å². The third-order valence-electron chi connectivity index (χ3n) is 6.80. The second kappa shape index (κ2) is 10.8. The van der Waals surface area contributed by atoms with Crippen LogP contribution >= 0.6 is 0 Å². The number of hydrogen-bond donors (Lipinski definition) is 1. The van der Waals surface area contributed by atoms with E-state index >= 15 is 0 Å². The van der Waals surface area contributed by atoms with E-state index in [9.17, 15) is 14.4 Å². The van der Waals surface area contributed by atoms with E-state index in [1.807, 2.05) is 11.0 Å². The Bertz CT molecular complexity index is 794. The number of nitrogens with one attached hydrogen (secondary N) is 1. The quantitative estimate of drug-likeness (QED) is 0.665. The number of benzene rings is 1. The minimum absolute atomic E-state index is 0.0127. The Kier molecular flexibility index (Phi) is 7.63. The molecule has 0 saturated carbocycles. The van der Waals surface area contributed by atoms with Crippen molar-refractivity contribution in [3.8, 4) is 0 Å². The van der Waals surface area contributed by atoms with E-state index in [1.54, 1.807) is 0 Å². The molecule has 0 bridgehead atoms. The molecular weight excluding hydrogens is 408 g/mol. The van der Waals surface area contributed by atoms with Gasteiger partial charge in [0.1, 0.15) is 13.2 Å². The number of amides is 3. The van der Waals surface area contributed by atoms with E-state index in [4.69, 9.17) is 4.74 Å². The van der Waals surface area contributed by atoms with Crippen molar-refractivity contribution in [2.45, 2.75) is 44.7 Å². The number of piperidine rings is 1. The molecule has 0 aliphatic carbocycles. The Labute approximate surface area is 189 Å². The zero-order valence-corrected chi connectivity index (χ0v) is 18.7. The molecule has 3 aliphatic heterocycles. The van der Waals surface area contributed by atoms with Gasteiger partial charge in [0.2, 0.25) is 11.8 Å². The topological polar surface area (TPSA) is 82.2 Å². The van der Waals surface area contributed by atoms with Gasteiger partial charge in [-0.25, -0.2) is 4.79 Å². The zero-order chi connectivity index (χ0) is 22.3. The molecule has 1 atom stereocenters. The average Bonchev–Trinajstić information content (AvgIpc) is 3.41. The fourth-order valence-corrected chi connectivity index (χ4v) is 4.87. The third-order valence-corrected chi connectivity index (χ3v) is 6.80. The first-order valence-electron chi connectivity index (χ1n) is 11.8. The van der Waals surface area contributed by atoms with Gasteiger partial charge in [0.15, 0.2) is 0 Å². The molecule has 1 aromatic carbocycles. The van der Waals surface area contributed by atoms with Crippen molar-refractivity contribution in [3.05, 3.63) is 35.9 Å². The van der Waals surface area contributed by atoms with Gasteiger partial charge in [-0.15, -0.1) is 0 Å². The van der Waals surface area contributed by atoms with Gasteiger partial charge in [0.05, 0.1) is 6.54 Å². The Balaban J connectivity index is 1.10. The highest BCUT2D eigenvalue weighted by Crippen LogP contribution is 2.22. The number of hydrogen-bond acceptors (Lipinski definition) is 5. The lowest BCUT2D eigenvalue weighted by molar-refractivity contribution is -0.133. The fourth-order valence-electron chi connectivity index (χ4n) is 4.87. The van der Waals surface area contributed by atoms with E-state index in [1.165, 1.54) is 10.5 Å². The summed E-state index contributed by atoms with van der Waals surface area (Å²) in [5.74, 6) is 0.601. The van der Waals surface area contributed by atoms with Gasteiger partial charge in [0, 0.05) is 45.2 Å². The standard InChI is InChI=1S/C24H34N4O4/c29-22(25-21-10-11-26(17-21)16-20-4-2-1-3-5-20)7-6-19-8-12-27(13-9-19)23(30)18-28-14-15-32-24(28)31/h1-5,19,21H,6-18H2,(H,25,29). The number of carbonyl (C=O) groups is 3. The molecule has 3 amide bonds. The maximum atomic E-state index is 12.5. The van der Waals surface area contributed by atoms with Gasteiger partial charge in [-0.1, -0.05) is 30.3 Å². The van der Waals surface area contributed by atoms with E-state index in [0.29, 0.717) is 38.6 Å². The lowest BCUT2D eigenvalue weighted by Gasteiger charge is -2.32. The highest BCUT2D eigenvalue weighted by Gasteiger charge is 2.29. The smallest absolute Gasteiger partial charge is 0.410 e.